The van der Waals surface area contributed by atoms with Crippen LogP contribution in [0.4, 0.5) is 5.69 Å². The Morgan fingerprint density at radius 1 is 1.23 bits per heavy atom. The van der Waals surface area contributed by atoms with E-state index in [1.165, 1.54) is 28.8 Å². The second-order valence-electron chi connectivity index (χ2n) is 6.72. The topological polar surface area (TPSA) is 129 Å². The number of nitrogens with one attached hydrogen (secondary N) is 1. The van der Waals surface area contributed by atoms with Gasteiger partial charge in [0, 0.05) is 31.2 Å². The van der Waals surface area contributed by atoms with Crippen molar-refractivity contribution in [1.82, 2.24) is 9.29 Å². The van der Waals surface area contributed by atoms with Crippen LogP contribution in [0.25, 0.3) is 0 Å². The van der Waals surface area contributed by atoms with Crippen LogP contribution in [0.15, 0.2) is 53.7 Å². The van der Waals surface area contributed by atoms with Gasteiger partial charge in [0.15, 0.2) is 6.61 Å². The van der Waals surface area contributed by atoms with E-state index in [0.717, 1.165) is 0 Å². The van der Waals surface area contributed by atoms with Crippen LogP contribution in [0.5, 0.6) is 0 Å². The van der Waals surface area contributed by atoms with Crippen LogP contribution in [-0.4, -0.2) is 49.3 Å². The first-order valence-electron chi connectivity index (χ1n) is 9.27. The summed E-state index contributed by atoms with van der Waals surface area (Å²) < 4.78 is 31.6. The Labute approximate surface area is 174 Å². The highest BCUT2D eigenvalue weighted by molar-refractivity contribution is 7.89. The zero-order valence-corrected chi connectivity index (χ0v) is 16.8. The van der Waals surface area contributed by atoms with Gasteiger partial charge in [0.05, 0.1) is 17.6 Å². The van der Waals surface area contributed by atoms with E-state index in [1.54, 1.807) is 24.3 Å². The first kappa shape index (κ1) is 21.4. The molecule has 0 atom stereocenters. The SMILES string of the molecule is N#Cc1cccc(NC(=O)COC(=O)C2CCN(S(=O)(=O)c3cccnc3)CC2)c1. The summed E-state index contributed by atoms with van der Waals surface area (Å²) in [6, 6.07) is 11.4. The normalized spacial score (nSPS) is 15.2. The van der Waals surface area contributed by atoms with Gasteiger partial charge in [0.1, 0.15) is 4.90 Å². The Balaban J connectivity index is 1.47. The monoisotopic (exact) mass is 428 g/mol. The summed E-state index contributed by atoms with van der Waals surface area (Å²) in [6.45, 7) is -0.0852. The van der Waals surface area contributed by atoms with Crippen LogP contribution in [0.1, 0.15) is 18.4 Å². The molecule has 30 heavy (non-hydrogen) atoms. The van der Waals surface area contributed by atoms with E-state index in [9.17, 15) is 18.0 Å². The van der Waals surface area contributed by atoms with Gasteiger partial charge in [0.25, 0.3) is 5.91 Å². The van der Waals surface area contributed by atoms with Crippen molar-refractivity contribution in [2.24, 2.45) is 5.92 Å². The number of hydrogen-bond donors (Lipinski definition) is 1. The van der Waals surface area contributed by atoms with Crippen molar-refractivity contribution in [3.05, 3.63) is 54.4 Å². The minimum atomic E-state index is -3.65. The lowest BCUT2D eigenvalue weighted by Crippen LogP contribution is -2.40. The third kappa shape index (κ3) is 5.20. The maximum atomic E-state index is 12.6. The molecule has 156 valence electrons. The first-order valence-corrected chi connectivity index (χ1v) is 10.7. The summed E-state index contributed by atoms with van der Waals surface area (Å²) in [7, 11) is -3.65. The van der Waals surface area contributed by atoms with Gasteiger partial charge in [-0.1, -0.05) is 6.07 Å². The number of esters is 1. The van der Waals surface area contributed by atoms with Crippen LogP contribution >= 0.6 is 0 Å². The quantitative estimate of drug-likeness (QED) is 0.691. The summed E-state index contributed by atoms with van der Waals surface area (Å²) >= 11 is 0. The Morgan fingerprint density at radius 3 is 2.67 bits per heavy atom. The number of nitriles is 1. The summed E-state index contributed by atoms with van der Waals surface area (Å²) in [4.78, 5) is 28.2. The van der Waals surface area contributed by atoms with Crippen LogP contribution < -0.4 is 5.32 Å². The smallest absolute Gasteiger partial charge is 0.309 e. The number of rotatable bonds is 6. The fourth-order valence-corrected chi connectivity index (χ4v) is 4.53. The maximum absolute atomic E-state index is 12.6. The van der Waals surface area contributed by atoms with Gasteiger partial charge in [-0.25, -0.2) is 8.42 Å². The van der Waals surface area contributed by atoms with Gasteiger partial charge in [-0.05, 0) is 43.2 Å². The van der Waals surface area contributed by atoms with Gasteiger partial charge in [-0.3, -0.25) is 14.6 Å². The number of aromatic nitrogens is 1. The fraction of sp³-hybridized carbons (Fsp3) is 0.300. The molecule has 0 bridgehead atoms. The van der Waals surface area contributed by atoms with E-state index in [2.05, 4.69) is 10.3 Å². The van der Waals surface area contributed by atoms with E-state index in [0.29, 0.717) is 24.1 Å². The van der Waals surface area contributed by atoms with Gasteiger partial charge in [0.2, 0.25) is 10.0 Å². The van der Waals surface area contributed by atoms with Crippen LogP contribution in [0.2, 0.25) is 0 Å². The molecule has 2 aromatic rings. The highest BCUT2D eigenvalue weighted by Gasteiger charge is 2.33. The number of benzene rings is 1. The molecule has 1 saturated heterocycles. The predicted molar refractivity (Wildman–Crippen MR) is 106 cm³/mol. The molecule has 0 saturated carbocycles. The van der Waals surface area contributed by atoms with Crippen molar-refractivity contribution in [3.63, 3.8) is 0 Å². The number of anilines is 1. The van der Waals surface area contributed by atoms with E-state index in [-0.39, 0.29) is 18.0 Å². The minimum Gasteiger partial charge on any atom is -0.455 e. The predicted octanol–water partition coefficient (Wildman–Crippen LogP) is 1.54. The number of carbonyl (C=O) groups is 2. The van der Waals surface area contributed by atoms with Crippen molar-refractivity contribution in [1.29, 1.82) is 5.26 Å². The van der Waals surface area contributed by atoms with E-state index >= 15 is 0 Å². The number of sulfonamides is 1. The number of piperidine rings is 1. The number of amides is 1. The molecule has 0 spiro atoms. The summed E-state index contributed by atoms with van der Waals surface area (Å²) in [5, 5.41) is 11.4. The molecule has 1 aromatic carbocycles. The lowest BCUT2D eigenvalue weighted by atomic mass is 9.98. The highest BCUT2D eigenvalue weighted by atomic mass is 32.2. The average Bonchev–Trinajstić information content (AvgIpc) is 2.78. The molecule has 3 rings (SSSR count). The second-order valence-corrected chi connectivity index (χ2v) is 8.65. The third-order valence-corrected chi connectivity index (χ3v) is 6.56. The molecule has 1 aliphatic heterocycles. The van der Waals surface area contributed by atoms with Gasteiger partial charge in [-0.15, -0.1) is 0 Å². The Bertz CT molecular complexity index is 1060. The van der Waals surface area contributed by atoms with Crippen molar-refractivity contribution >= 4 is 27.6 Å². The van der Waals surface area contributed by atoms with Crippen molar-refractivity contribution < 1.29 is 22.7 Å². The van der Waals surface area contributed by atoms with Crippen LogP contribution in [0.3, 0.4) is 0 Å². The number of ether oxygens (including phenoxy) is 1. The number of hydrogen-bond acceptors (Lipinski definition) is 7. The van der Waals surface area contributed by atoms with E-state index < -0.39 is 34.4 Å². The molecule has 0 radical (unpaired) electrons. The Hall–Kier alpha value is -3.29. The van der Waals surface area contributed by atoms with Gasteiger partial charge in [-0.2, -0.15) is 9.57 Å². The van der Waals surface area contributed by atoms with Crippen LogP contribution in [0, 0.1) is 17.2 Å². The Kier molecular flexibility index (Phi) is 6.76. The number of nitrogens with zero attached hydrogens (tertiary/aromatic N) is 3. The van der Waals surface area contributed by atoms with Crippen molar-refractivity contribution in [2.75, 3.05) is 25.0 Å². The zero-order valence-electron chi connectivity index (χ0n) is 16.0. The molecule has 1 N–H and O–H groups in total. The molecule has 1 aliphatic rings. The summed E-state index contributed by atoms with van der Waals surface area (Å²) in [5.41, 5.74) is 0.835. The molecular formula is C20H20N4O5S. The average molecular weight is 428 g/mol. The molecule has 1 fully saturated rings. The second kappa shape index (κ2) is 9.47. The summed E-state index contributed by atoms with van der Waals surface area (Å²) in [6.07, 6.45) is 3.41. The molecular weight excluding hydrogens is 408 g/mol. The standard InChI is InChI=1S/C20H20N4O5S/c21-12-15-3-1-4-17(11-15)23-19(25)14-29-20(26)16-6-9-24(10-7-16)30(27,28)18-5-2-8-22-13-18/h1-5,8,11,13,16H,6-7,9-10,14H2,(H,23,25). The minimum absolute atomic E-state index is 0.114. The molecule has 2 heterocycles. The maximum Gasteiger partial charge on any atom is 0.309 e. The molecule has 0 aliphatic carbocycles. The van der Waals surface area contributed by atoms with Crippen molar-refractivity contribution in [2.45, 2.75) is 17.7 Å². The third-order valence-electron chi connectivity index (χ3n) is 4.68. The Morgan fingerprint density at radius 2 is 2.00 bits per heavy atom. The fourth-order valence-electron chi connectivity index (χ4n) is 3.10. The molecule has 1 aromatic heterocycles. The van der Waals surface area contributed by atoms with E-state index in [4.69, 9.17) is 10.00 Å². The molecule has 10 heteroatoms. The van der Waals surface area contributed by atoms with Gasteiger partial charge < -0.3 is 10.1 Å². The van der Waals surface area contributed by atoms with Gasteiger partial charge >= 0.3 is 5.97 Å². The van der Waals surface area contributed by atoms with Crippen molar-refractivity contribution in [3.8, 4) is 6.07 Å². The lowest BCUT2D eigenvalue weighted by molar-refractivity contribution is -0.152. The number of pyridine rings is 1. The molecule has 0 unspecified atom stereocenters. The van der Waals surface area contributed by atoms with E-state index in [1.807, 2.05) is 6.07 Å². The van der Waals surface area contributed by atoms with Crippen LogP contribution in [-0.2, 0) is 24.3 Å². The first-order chi connectivity index (χ1) is 14.4. The largest absolute Gasteiger partial charge is 0.455 e. The summed E-state index contributed by atoms with van der Waals surface area (Å²) in [5.74, 6) is -1.52. The molecule has 1 amide bonds. The molecule has 9 nitrogen and oxygen atoms in total. The lowest BCUT2D eigenvalue weighted by Gasteiger charge is -2.29. The zero-order chi connectivity index (χ0) is 21.6. The highest BCUT2D eigenvalue weighted by Crippen LogP contribution is 2.24. The number of carbonyl (C=O) groups excluding carboxylic acids is 2.